The average molecular weight is 497 g/mol. The van der Waals surface area contributed by atoms with Crippen molar-refractivity contribution in [3.05, 3.63) is 82.9 Å². The van der Waals surface area contributed by atoms with Crippen LogP contribution in [0, 0.1) is 20.8 Å². The van der Waals surface area contributed by atoms with Gasteiger partial charge < -0.3 is 14.4 Å². The van der Waals surface area contributed by atoms with Gasteiger partial charge in [-0.25, -0.2) is 8.42 Å². The van der Waals surface area contributed by atoms with E-state index in [9.17, 15) is 13.2 Å². The van der Waals surface area contributed by atoms with Crippen LogP contribution < -0.4 is 13.8 Å². The zero-order chi connectivity index (χ0) is 25.8. The van der Waals surface area contributed by atoms with Crippen molar-refractivity contribution in [1.82, 2.24) is 4.90 Å². The molecule has 7 nitrogen and oxygen atoms in total. The van der Waals surface area contributed by atoms with Gasteiger partial charge in [-0.05, 0) is 67.8 Å². The number of amides is 1. The molecule has 0 radical (unpaired) electrons. The Hall–Kier alpha value is -3.52. The number of nitrogens with zero attached hydrogens (tertiary/aromatic N) is 2. The third kappa shape index (κ3) is 5.77. The first-order chi connectivity index (χ1) is 16.6. The third-order valence-electron chi connectivity index (χ3n) is 6.03. The van der Waals surface area contributed by atoms with Crippen molar-refractivity contribution in [2.45, 2.75) is 32.2 Å². The van der Waals surface area contributed by atoms with Crippen molar-refractivity contribution in [1.29, 1.82) is 0 Å². The molecule has 8 heteroatoms. The minimum absolute atomic E-state index is 0.138. The molecule has 0 saturated heterocycles. The zero-order valence-electron chi connectivity index (χ0n) is 21.0. The van der Waals surface area contributed by atoms with Crippen molar-refractivity contribution in [3.8, 4) is 11.5 Å². The van der Waals surface area contributed by atoms with Crippen molar-refractivity contribution in [2.75, 3.05) is 32.1 Å². The van der Waals surface area contributed by atoms with E-state index in [4.69, 9.17) is 9.47 Å². The topological polar surface area (TPSA) is 76.2 Å². The predicted octanol–water partition coefficient (Wildman–Crippen LogP) is 4.48. The van der Waals surface area contributed by atoms with Crippen LogP contribution in [0.3, 0.4) is 0 Å². The van der Waals surface area contributed by atoms with Gasteiger partial charge in [-0.1, -0.05) is 35.9 Å². The van der Waals surface area contributed by atoms with Crippen LogP contribution in [0.2, 0.25) is 0 Å². The number of ether oxygens (including phenoxy) is 2. The Morgan fingerprint density at radius 1 is 0.886 bits per heavy atom. The second-order valence-electron chi connectivity index (χ2n) is 8.48. The van der Waals surface area contributed by atoms with Gasteiger partial charge in [-0.2, -0.15) is 0 Å². The van der Waals surface area contributed by atoms with Crippen molar-refractivity contribution in [2.24, 2.45) is 0 Å². The lowest BCUT2D eigenvalue weighted by molar-refractivity contribution is -0.128. The summed E-state index contributed by atoms with van der Waals surface area (Å²) in [6.45, 7) is 5.63. The summed E-state index contributed by atoms with van der Waals surface area (Å²) < 4.78 is 39.2. The van der Waals surface area contributed by atoms with Gasteiger partial charge in [0.15, 0.2) is 11.5 Å². The van der Waals surface area contributed by atoms with Crippen LogP contribution in [-0.4, -0.2) is 47.0 Å². The second kappa shape index (κ2) is 10.8. The lowest BCUT2D eigenvalue weighted by Gasteiger charge is -2.28. The van der Waals surface area contributed by atoms with E-state index in [-0.39, 0.29) is 23.9 Å². The Balaban J connectivity index is 1.93. The lowest BCUT2D eigenvalue weighted by atomic mass is 10.1. The van der Waals surface area contributed by atoms with Gasteiger partial charge in [-0.15, -0.1) is 0 Å². The van der Waals surface area contributed by atoms with Gasteiger partial charge in [0, 0.05) is 13.6 Å². The maximum Gasteiger partial charge on any atom is 0.264 e. The molecular formula is C27H32N2O5S. The van der Waals surface area contributed by atoms with E-state index in [1.165, 1.54) is 9.21 Å². The van der Waals surface area contributed by atoms with E-state index in [1.807, 2.05) is 32.9 Å². The van der Waals surface area contributed by atoms with Crippen LogP contribution >= 0.6 is 0 Å². The molecule has 186 valence electrons. The van der Waals surface area contributed by atoms with Crippen molar-refractivity contribution >= 4 is 21.6 Å². The molecule has 0 unspecified atom stereocenters. The molecule has 1 amide bonds. The fourth-order valence-corrected chi connectivity index (χ4v) is 5.20. The summed E-state index contributed by atoms with van der Waals surface area (Å²) in [5.41, 5.74) is 4.01. The number of likely N-dealkylation sites (N-methyl/N-ethyl adjacent to an activating group) is 1. The standard InChI is InChI=1S/C27H32N2O5S/c1-19-10-13-23(14-11-19)35(31,32)29(24-9-7-8-20(2)21(24)3)18-27(30)28(4)17-22-12-15-25(33-5)26(16-22)34-6/h7-16H,17-18H2,1-6H3. The molecule has 0 aliphatic rings. The SMILES string of the molecule is COc1ccc(CN(C)C(=O)CN(c2cccc(C)c2C)S(=O)(=O)c2ccc(C)cc2)cc1OC. The fourth-order valence-electron chi connectivity index (χ4n) is 3.73. The Labute approximate surface area is 207 Å². The molecule has 3 rings (SSSR count). The Kier molecular flexibility index (Phi) is 8.07. The summed E-state index contributed by atoms with van der Waals surface area (Å²) >= 11 is 0. The van der Waals surface area contributed by atoms with E-state index < -0.39 is 10.0 Å². The van der Waals surface area contributed by atoms with E-state index >= 15 is 0 Å². The first kappa shape index (κ1) is 26.1. The molecule has 0 aromatic heterocycles. The molecule has 0 atom stereocenters. The highest BCUT2D eigenvalue weighted by Crippen LogP contribution is 2.30. The smallest absolute Gasteiger partial charge is 0.264 e. The van der Waals surface area contributed by atoms with Gasteiger partial charge in [0.25, 0.3) is 10.0 Å². The van der Waals surface area contributed by atoms with Crippen LogP contribution in [0.5, 0.6) is 11.5 Å². The van der Waals surface area contributed by atoms with Gasteiger partial charge in [0.2, 0.25) is 5.91 Å². The fraction of sp³-hybridized carbons (Fsp3) is 0.296. The van der Waals surface area contributed by atoms with Gasteiger partial charge >= 0.3 is 0 Å². The van der Waals surface area contributed by atoms with E-state index in [1.54, 1.807) is 69.8 Å². The number of hydrogen-bond donors (Lipinski definition) is 0. The van der Waals surface area contributed by atoms with E-state index in [0.29, 0.717) is 17.2 Å². The summed E-state index contributed by atoms with van der Waals surface area (Å²) in [7, 11) is 0.779. The van der Waals surface area contributed by atoms with Gasteiger partial charge in [0.1, 0.15) is 6.54 Å². The number of anilines is 1. The second-order valence-corrected chi connectivity index (χ2v) is 10.3. The van der Waals surface area contributed by atoms with E-state index in [0.717, 1.165) is 22.3 Å². The minimum Gasteiger partial charge on any atom is -0.493 e. The van der Waals surface area contributed by atoms with Crippen LogP contribution in [0.4, 0.5) is 5.69 Å². The molecule has 0 aliphatic carbocycles. The lowest BCUT2D eigenvalue weighted by Crippen LogP contribution is -2.41. The van der Waals surface area contributed by atoms with Crippen molar-refractivity contribution < 1.29 is 22.7 Å². The summed E-state index contributed by atoms with van der Waals surface area (Å²) in [6.07, 6.45) is 0. The molecule has 3 aromatic carbocycles. The zero-order valence-corrected chi connectivity index (χ0v) is 21.8. The monoisotopic (exact) mass is 496 g/mol. The Morgan fingerprint density at radius 3 is 2.17 bits per heavy atom. The predicted molar refractivity (Wildman–Crippen MR) is 138 cm³/mol. The number of methoxy groups -OCH3 is 2. The van der Waals surface area contributed by atoms with Crippen LogP contribution in [-0.2, 0) is 21.4 Å². The number of benzene rings is 3. The van der Waals surface area contributed by atoms with Gasteiger partial charge in [-0.3, -0.25) is 9.10 Å². The molecule has 0 spiro atoms. The Bertz CT molecular complexity index is 1300. The molecule has 0 heterocycles. The molecule has 35 heavy (non-hydrogen) atoms. The minimum atomic E-state index is -3.98. The molecular weight excluding hydrogens is 464 g/mol. The highest BCUT2D eigenvalue weighted by atomic mass is 32.2. The summed E-state index contributed by atoms with van der Waals surface area (Å²) in [6, 6.07) is 17.5. The maximum atomic E-state index is 13.7. The summed E-state index contributed by atoms with van der Waals surface area (Å²) in [5.74, 6) is 0.816. The number of carbonyl (C=O) groups excluding carboxylic acids is 1. The van der Waals surface area contributed by atoms with Crippen molar-refractivity contribution in [3.63, 3.8) is 0 Å². The molecule has 3 aromatic rings. The van der Waals surface area contributed by atoms with Crippen LogP contribution in [0.25, 0.3) is 0 Å². The van der Waals surface area contributed by atoms with Crippen LogP contribution in [0.15, 0.2) is 65.6 Å². The molecule has 0 saturated carbocycles. The van der Waals surface area contributed by atoms with Crippen LogP contribution in [0.1, 0.15) is 22.3 Å². The normalized spacial score (nSPS) is 11.1. The largest absolute Gasteiger partial charge is 0.493 e. The molecule has 0 bridgehead atoms. The number of aryl methyl sites for hydroxylation is 2. The summed E-state index contributed by atoms with van der Waals surface area (Å²) in [5, 5.41) is 0. The maximum absolute atomic E-state index is 13.7. The third-order valence-corrected chi connectivity index (χ3v) is 7.80. The Morgan fingerprint density at radius 2 is 1.54 bits per heavy atom. The number of rotatable bonds is 9. The van der Waals surface area contributed by atoms with E-state index in [2.05, 4.69) is 0 Å². The number of hydrogen-bond acceptors (Lipinski definition) is 5. The quantitative estimate of drug-likeness (QED) is 0.437. The summed E-state index contributed by atoms with van der Waals surface area (Å²) in [4.78, 5) is 14.9. The first-order valence-electron chi connectivity index (χ1n) is 11.2. The number of sulfonamides is 1. The molecule has 0 aliphatic heterocycles. The first-order valence-corrected chi connectivity index (χ1v) is 12.6. The highest BCUT2D eigenvalue weighted by Gasteiger charge is 2.29. The molecule has 0 fully saturated rings. The highest BCUT2D eigenvalue weighted by molar-refractivity contribution is 7.92. The van der Waals surface area contributed by atoms with Gasteiger partial charge in [0.05, 0.1) is 24.8 Å². The number of carbonyl (C=O) groups is 1. The average Bonchev–Trinajstić information content (AvgIpc) is 2.84. The molecule has 0 N–H and O–H groups in total.